The summed E-state index contributed by atoms with van der Waals surface area (Å²) in [5.41, 5.74) is 5.43. The monoisotopic (exact) mass is 830 g/mol. The van der Waals surface area contributed by atoms with Crippen LogP contribution in [0.1, 0.15) is 69.8 Å². The molecule has 0 unspecified atom stereocenters. The molecule has 0 saturated heterocycles. The van der Waals surface area contributed by atoms with Crippen LogP contribution in [0.2, 0.25) is 0 Å². The van der Waals surface area contributed by atoms with Crippen molar-refractivity contribution in [3.63, 3.8) is 0 Å². The summed E-state index contributed by atoms with van der Waals surface area (Å²) in [7, 11) is 3.62. The molecule has 3 aromatic rings. The third-order valence-corrected chi connectivity index (χ3v) is 12.5. The second kappa shape index (κ2) is 19.0. The van der Waals surface area contributed by atoms with Gasteiger partial charge < -0.3 is 14.4 Å². The number of hydrogen-bond donors (Lipinski definition) is 1. The Balaban J connectivity index is 0.000000225. The molecule has 3 aromatic carbocycles. The molecule has 2 aliphatic rings. The van der Waals surface area contributed by atoms with Gasteiger partial charge in [0.25, 0.3) is 0 Å². The zero-order valence-corrected chi connectivity index (χ0v) is 29.7. The summed E-state index contributed by atoms with van der Waals surface area (Å²) in [6, 6.07) is 25.7. The molecule has 2 saturated carbocycles. The molecule has 240 valence electrons. The van der Waals surface area contributed by atoms with E-state index in [0.717, 1.165) is 22.6 Å². The molecule has 1 N–H and O–H groups in total. The van der Waals surface area contributed by atoms with E-state index >= 15 is 0 Å². The van der Waals surface area contributed by atoms with Gasteiger partial charge in [0, 0.05) is 28.6 Å². The summed E-state index contributed by atoms with van der Waals surface area (Å²) in [6.45, 7) is 0.562. The summed E-state index contributed by atoms with van der Waals surface area (Å²) in [6.07, 6.45) is 14.9. The molecule has 0 atom stereocenters. The Morgan fingerprint density at radius 3 is 1.93 bits per heavy atom. The van der Waals surface area contributed by atoms with Crippen molar-refractivity contribution in [1.29, 1.82) is 0 Å². The zero-order valence-electron chi connectivity index (χ0n) is 25.0. The molecule has 0 aromatic heterocycles. The Morgan fingerprint density at radius 2 is 1.42 bits per heavy atom. The first-order chi connectivity index (χ1) is 20.8. The van der Waals surface area contributed by atoms with Gasteiger partial charge >= 0.3 is 39.7 Å². The Kier molecular flexibility index (Phi) is 15.9. The quantitative estimate of drug-likeness (QED) is 0.101. The van der Waals surface area contributed by atoms with Crippen LogP contribution in [0.25, 0.3) is 0 Å². The number of rotatable bonds is 9. The standard InChI is InChI=1S/C20H32NP.C13H11FNO3S.Au.ClH/c1-21(2)19-15-9-10-16-20(19)22(17-11-5-3-6-12-17)18-13-7-4-8-14-18;14-19(16,17)18-13-8-6-11(7-9-13)10-15-12-4-2-1-3-5-12;;/h9-10,15-18H,3-8,11-14H2,1-2H3;2-9,15H,10H2;;1H/q;-1;+1;. The van der Waals surface area contributed by atoms with E-state index in [1.807, 2.05) is 12.1 Å². The van der Waals surface area contributed by atoms with Gasteiger partial charge in [0.05, 0.1) is 17.0 Å². The van der Waals surface area contributed by atoms with Crippen LogP contribution < -0.4 is 19.7 Å². The number of hydrogen-bond acceptors (Lipinski definition) is 5. The van der Waals surface area contributed by atoms with E-state index in [1.54, 1.807) is 49.6 Å². The van der Waals surface area contributed by atoms with E-state index in [2.05, 4.69) is 68.0 Å². The number of halogens is 2. The average molecular weight is 831 g/mol. The van der Waals surface area contributed by atoms with Gasteiger partial charge in [-0.15, -0.1) is 12.1 Å². The van der Waals surface area contributed by atoms with Crippen molar-refractivity contribution < 1.29 is 36.5 Å². The first kappa shape index (κ1) is 35.9. The van der Waals surface area contributed by atoms with Crippen LogP contribution in [0, 0.1) is 6.07 Å². The van der Waals surface area contributed by atoms with E-state index in [1.165, 1.54) is 82.0 Å². The van der Waals surface area contributed by atoms with Crippen LogP contribution in [0.4, 0.5) is 15.3 Å². The Bertz CT molecular complexity index is 1290. The normalized spacial score (nSPS) is 15.9. The predicted molar refractivity (Wildman–Crippen MR) is 178 cm³/mol. The van der Waals surface area contributed by atoms with Crippen molar-refractivity contribution in [2.75, 3.05) is 24.3 Å². The Hall–Kier alpha value is -1.60. The SMILES string of the molecule is CN(C)c1ccccc1[PH+](C1CCCCC1)C1CCCCC1.O=S(=O)(F)Oc1ccc(CNc2cc[c-]cc2)cc1.[Cl][Au]. The van der Waals surface area contributed by atoms with E-state index in [4.69, 9.17) is 0 Å². The van der Waals surface area contributed by atoms with Gasteiger partial charge in [-0.25, -0.2) is 0 Å². The molecule has 5 nitrogen and oxygen atoms in total. The summed E-state index contributed by atoms with van der Waals surface area (Å²) >= 11 is 1.75. The van der Waals surface area contributed by atoms with Crippen molar-refractivity contribution in [2.24, 2.45) is 0 Å². The van der Waals surface area contributed by atoms with E-state index in [9.17, 15) is 12.3 Å². The summed E-state index contributed by atoms with van der Waals surface area (Å²) in [5.74, 6) is -0.0550. The summed E-state index contributed by atoms with van der Waals surface area (Å²) in [4.78, 5) is 2.35. The van der Waals surface area contributed by atoms with Gasteiger partial charge in [-0.3, -0.25) is 0 Å². The average Bonchev–Trinajstić information content (AvgIpc) is 3.03. The van der Waals surface area contributed by atoms with Gasteiger partial charge in [0.1, 0.15) is 11.1 Å². The molecule has 0 bridgehead atoms. The second-order valence-corrected chi connectivity index (χ2v) is 15.3. The molecule has 2 aliphatic carbocycles. The van der Waals surface area contributed by atoms with Gasteiger partial charge in [-0.1, -0.05) is 46.7 Å². The van der Waals surface area contributed by atoms with Crippen LogP contribution in [0.15, 0.2) is 72.8 Å². The van der Waals surface area contributed by atoms with Crippen LogP contribution in [-0.2, 0) is 37.0 Å². The molecule has 0 aliphatic heterocycles. The fourth-order valence-electron chi connectivity index (χ4n) is 6.19. The Morgan fingerprint density at radius 1 is 0.884 bits per heavy atom. The Labute approximate surface area is 275 Å². The van der Waals surface area contributed by atoms with E-state index in [-0.39, 0.29) is 5.75 Å². The van der Waals surface area contributed by atoms with Crippen LogP contribution in [0.3, 0.4) is 0 Å². The van der Waals surface area contributed by atoms with Crippen molar-refractivity contribution in [3.8, 4) is 5.75 Å². The molecule has 10 heteroatoms. The second-order valence-electron chi connectivity index (χ2n) is 11.3. The summed E-state index contributed by atoms with van der Waals surface area (Å²) < 4.78 is 37.0. The van der Waals surface area contributed by atoms with Gasteiger partial charge in [0.15, 0.2) is 0 Å². The van der Waals surface area contributed by atoms with Crippen molar-refractivity contribution in [3.05, 3.63) is 84.4 Å². The van der Waals surface area contributed by atoms with E-state index < -0.39 is 18.4 Å². The summed E-state index contributed by atoms with van der Waals surface area (Å²) in [5, 5.41) is 4.92. The predicted octanol–water partition coefficient (Wildman–Crippen LogP) is 8.64. The fourth-order valence-corrected chi connectivity index (χ4v) is 11.0. The van der Waals surface area contributed by atoms with E-state index in [0.29, 0.717) is 6.54 Å². The fraction of sp³-hybridized carbons (Fsp3) is 0.455. The van der Waals surface area contributed by atoms with Crippen LogP contribution >= 0.6 is 17.1 Å². The molecule has 0 heterocycles. The number of anilines is 2. The molecular weight excluding hydrogens is 787 g/mol. The maximum absolute atomic E-state index is 12.3. The zero-order chi connectivity index (χ0) is 31.1. The maximum atomic E-state index is 12.3. The molecule has 2 fully saturated rings. The minimum atomic E-state index is -4.96. The molecule has 0 spiro atoms. The number of para-hydroxylation sites is 1. The number of nitrogens with one attached hydrogen (secondary N) is 1. The van der Waals surface area contributed by atoms with Gasteiger partial charge in [0.2, 0.25) is 0 Å². The van der Waals surface area contributed by atoms with Gasteiger partial charge in [-0.2, -0.15) is 26.6 Å². The molecule has 43 heavy (non-hydrogen) atoms. The first-order valence-corrected chi connectivity index (χ1v) is 20.6. The van der Waals surface area contributed by atoms with Crippen LogP contribution in [0.5, 0.6) is 5.75 Å². The topological polar surface area (TPSA) is 58.6 Å². The van der Waals surface area contributed by atoms with Gasteiger partial charge in [-0.05, 0) is 81.2 Å². The molecule has 0 amide bonds. The third-order valence-electron chi connectivity index (χ3n) is 8.12. The minimum absolute atomic E-state index is 0.0550. The van der Waals surface area contributed by atoms with Crippen molar-refractivity contribution in [2.45, 2.75) is 82.1 Å². The molecular formula is C33H44AuClFN2O3PS. The number of nitrogens with zero attached hydrogens (tertiary/aromatic N) is 1. The van der Waals surface area contributed by atoms with Crippen LogP contribution in [-0.4, -0.2) is 33.8 Å². The molecule has 0 radical (unpaired) electrons. The number of benzene rings is 3. The van der Waals surface area contributed by atoms with Crippen molar-refractivity contribution in [1.82, 2.24) is 0 Å². The first-order valence-electron chi connectivity index (χ1n) is 15.0. The van der Waals surface area contributed by atoms with Crippen molar-refractivity contribution >= 4 is 44.3 Å². The third kappa shape index (κ3) is 12.4. The molecule has 5 rings (SSSR count).